The summed E-state index contributed by atoms with van der Waals surface area (Å²) < 4.78 is 5.21. The average molecular weight is 340 g/mol. The number of hydrogen-bond donors (Lipinski definition) is 2. The number of nitrogen functional groups attached to an aromatic ring is 1. The molecular formula is C14H11Cl2N3OS. The van der Waals surface area contributed by atoms with Crippen LogP contribution >= 0.6 is 34.5 Å². The number of aromatic nitrogens is 2. The second-order valence-electron chi connectivity index (χ2n) is 4.34. The molecule has 0 amide bonds. The Bertz CT molecular complexity index is 797. The van der Waals surface area contributed by atoms with E-state index in [1.165, 1.54) is 0 Å². The number of ether oxygens (including phenoxy) is 1. The van der Waals surface area contributed by atoms with Gasteiger partial charge in [-0.3, -0.25) is 5.10 Å². The maximum absolute atomic E-state index is 6.09. The van der Waals surface area contributed by atoms with Gasteiger partial charge in [-0.25, -0.2) is 0 Å². The minimum absolute atomic E-state index is 0.413. The molecule has 7 heteroatoms. The Morgan fingerprint density at radius 3 is 2.71 bits per heavy atom. The summed E-state index contributed by atoms with van der Waals surface area (Å²) >= 11 is 13.6. The van der Waals surface area contributed by atoms with E-state index in [0.29, 0.717) is 15.9 Å². The quantitative estimate of drug-likeness (QED) is 0.726. The van der Waals surface area contributed by atoms with Crippen LogP contribution < -0.4 is 10.5 Å². The number of H-pyrrole nitrogens is 1. The van der Waals surface area contributed by atoms with Gasteiger partial charge in [0.05, 0.1) is 33.3 Å². The maximum Gasteiger partial charge on any atom is 0.153 e. The molecule has 1 aromatic carbocycles. The van der Waals surface area contributed by atoms with Crippen LogP contribution in [0.5, 0.6) is 5.75 Å². The molecule has 0 fully saturated rings. The first kappa shape index (κ1) is 14.3. The van der Waals surface area contributed by atoms with E-state index in [4.69, 9.17) is 33.7 Å². The summed E-state index contributed by atoms with van der Waals surface area (Å²) in [4.78, 5) is 0.983. The summed E-state index contributed by atoms with van der Waals surface area (Å²) in [6.45, 7) is 0. The van der Waals surface area contributed by atoms with Crippen molar-refractivity contribution < 1.29 is 4.74 Å². The number of methoxy groups -OCH3 is 1. The Hall–Kier alpha value is -1.69. The number of halogens is 2. The van der Waals surface area contributed by atoms with Crippen LogP contribution in [0.4, 0.5) is 5.82 Å². The van der Waals surface area contributed by atoms with Gasteiger partial charge < -0.3 is 10.5 Å². The number of nitrogens with zero attached hydrogens (tertiary/aromatic N) is 1. The zero-order valence-corrected chi connectivity index (χ0v) is 13.3. The first-order valence-corrected chi connectivity index (χ1v) is 7.66. The Balaban J connectivity index is 2.14. The highest BCUT2D eigenvalue weighted by Crippen LogP contribution is 2.40. The molecule has 0 atom stereocenters. The van der Waals surface area contributed by atoms with E-state index in [1.54, 1.807) is 30.6 Å². The lowest BCUT2D eigenvalue weighted by atomic mass is 10.0. The molecule has 0 bridgehead atoms. The largest absolute Gasteiger partial charge is 0.496 e. The molecular weight excluding hydrogens is 329 g/mol. The van der Waals surface area contributed by atoms with Crippen LogP contribution in [0.15, 0.2) is 29.6 Å². The normalized spacial score (nSPS) is 10.8. The second kappa shape index (κ2) is 5.60. The summed E-state index contributed by atoms with van der Waals surface area (Å²) in [5.74, 6) is 1.21. The highest BCUT2D eigenvalue weighted by atomic mass is 35.5. The third-order valence-corrected chi connectivity index (χ3v) is 4.73. The van der Waals surface area contributed by atoms with Crippen molar-refractivity contribution in [1.29, 1.82) is 0 Å². The third-order valence-electron chi connectivity index (χ3n) is 3.06. The standard InChI is InChI=1S/C14H11Cl2N3OS/c1-20-8-5-11(21-6-8)13-12(14(17)19-18-13)7-2-3-9(15)10(16)4-7/h2-6H,1H3,(H3,17,18,19). The highest BCUT2D eigenvalue weighted by Gasteiger charge is 2.17. The maximum atomic E-state index is 6.09. The molecule has 0 saturated carbocycles. The molecule has 3 aromatic rings. The molecule has 3 N–H and O–H groups in total. The molecule has 0 aliphatic carbocycles. The molecule has 3 rings (SSSR count). The van der Waals surface area contributed by atoms with Crippen molar-refractivity contribution in [2.24, 2.45) is 0 Å². The van der Waals surface area contributed by atoms with E-state index < -0.39 is 0 Å². The van der Waals surface area contributed by atoms with Crippen LogP contribution in [0.2, 0.25) is 10.0 Å². The second-order valence-corrected chi connectivity index (χ2v) is 6.06. The lowest BCUT2D eigenvalue weighted by Crippen LogP contribution is -1.88. The predicted octanol–water partition coefficient (Wildman–Crippen LogP) is 4.70. The Morgan fingerprint density at radius 1 is 1.24 bits per heavy atom. The van der Waals surface area contributed by atoms with Gasteiger partial charge in [0, 0.05) is 11.4 Å². The zero-order valence-electron chi connectivity index (χ0n) is 11.0. The van der Waals surface area contributed by atoms with Gasteiger partial charge in [0.1, 0.15) is 5.75 Å². The molecule has 2 heterocycles. The van der Waals surface area contributed by atoms with Gasteiger partial charge in [0.25, 0.3) is 0 Å². The van der Waals surface area contributed by atoms with Crippen molar-refractivity contribution in [2.75, 3.05) is 12.8 Å². The molecule has 0 saturated heterocycles. The van der Waals surface area contributed by atoms with Gasteiger partial charge in [0.2, 0.25) is 0 Å². The van der Waals surface area contributed by atoms with Gasteiger partial charge in [-0.05, 0) is 17.7 Å². The number of thiophene rings is 1. The number of nitrogens with one attached hydrogen (secondary N) is 1. The first-order chi connectivity index (χ1) is 10.1. The number of nitrogens with two attached hydrogens (primary N) is 1. The van der Waals surface area contributed by atoms with Crippen LogP contribution in [0, 0.1) is 0 Å². The predicted molar refractivity (Wildman–Crippen MR) is 88.3 cm³/mol. The highest BCUT2D eigenvalue weighted by molar-refractivity contribution is 7.13. The van der Waals surface area contributed by atoms with Crippen LogP contribution in [-0.2, 0) is 0 Å². The van der Waals surface area contributed by atoms with E-state index in [-0.39, 0.29) is 0 Å². The van der Waals surface area contributed by atoms with E-state index in [2.05, 4.69) is 10.2 Å². The molecule has 0 aliphatic heterocycles. The van der Waals surface area contributed by atoms with Gasteiger partial charge in [-0.1, -0.05) is 29.3 Å². The summed E-state index contributed by atoms with van der Waals surface area (Å²) in [7, 11) is 1.63. The molecule has 0 radical (unpaired) electrons. The van der Waals surface area contributed by atoms with Crippen LogP contribution in [0.1, 0.15) is 0 Å². The smallest absolute Gasteiger partial charge is 0.153 e. The molecule has 4 nitrogen and oxygen atoms in total. The van der Waals surface area contributed by atoms with E-state index >= 15 is 0 Å². The SMILES string of the molecule is COc1csc(-c2[nH]nc(N)c2-c2ccc(Cl)c(Cl)c2)c1. The zero-order chi connectivity index (χ0) is 15.0. The van der Waals surface area contributed by atoms with Gasteiger partial charge in [-0.15, -0.1) is 11.3 Å². The van der Waals surface area contributed by atoms with Crippen molar-refractivity contribution in [2.45, 2.75) is 0 Å². The molecule has 0 unspecified atom stereocenters. The fourth-order valence-electron chi connectivity index (χ4n) is 2.04. The van der Waals surface area contributed by atoms with Crippen molar-refractivity contribution >= 4 is 40.4 Å². The van der Waals surface area contributed by atoms with E-state index in [1.807, 2.05) is 17.5 Å². The Labute approximate surface area is 135 Å². The minimum Gasteiger partial charge on any atom is -0.496 e. The minimum atomic E-state index is 0.413. The van der Waals surface area contributed by atoms with E-state index in [0.717, 1.165) is 27.4 Å². The third kappa shape index (κ3) is 2.60. The van der Waals surface area contributed by atoms with Crippen molar-refractivity contribution in [3.05, 3.63) is 39.7 Å². The lowest BCUT2D eigenvalue weighted by Gasteiger charge is -2.04. The first-order valence-electron chi connectivity index (χ1n) is 6.02. The van der Waals surface area contributed by atoms with E-state index in [9.17, 15) is 0 Å². The lowest BCUT2D eigenvalue weighted by molar-refractivity contribution is 0.417. The number of hydrogen-bond acceptors (Lipinski definition) is 4. The monoisotopic (exact) mass is 339 g/mol. The summed E-state index contributed by atoms with van der Waals surface area (Å²) in [5, 5.41) is 9.96. The summed E-state index contributed by atoms with van der Waals surface area (Å²) in [5.41, 5.74) is 8.49. The summed E-state index contributed by atoms with van der Waals surface area (Å²) in [6.07, 6.45) is 0. The fourth-order valence-corrected chi connectivity index (χ4v) is 3.19. The van der Waals surface area contributed by atoms with Gasteiger partial charge in [0.15, 0.2) is 5.82 Å². The molecule has 108 valence electrons. The average Bonchev–Trinajstić information content (AvgIpc) is 3.08. The molecule has 2 aromatic heterocycles. The number of aromatic amines is 1. The van der Waals surface area contributed by atoms with Crippen molar-refractivity contribution in [3.63, 3.8) is 0 Å². The molecule has 21 heavy (non-hydrogen) atoms. The topological polar surface area (TPSA) is 63.9 Å². The van der Waals surface area contributed by atoms with Gasteiger partial charge in [-0.2, -0.15) is 5.10 Å². The van der Waals surface area contributed by atoms with Crippen LogP contribution in [-0.4, -0.2) is 17.3 Å². The van der Waals surface area contributed by atoms with Gasteiger partial charge >= 0.3 is 0 Å². The number of rotatable bonds is 3. The fraction of sp³-hybridized carbons (Fsp3) is 0.0714. The van der Waals surface area contributed by atoms with Crippen LogP contribution in [0.25, 0.3) is 21.7 Å². The molecule has 0 aliphatic rings. The Kier molecular flexibility index (Phi) is 3.80. The van der Waals surface area contributed by atoms with Crippen molar-refractivity contribution in [3.8, 4) is 27.4 Å². The van der Waals surface area contributed by atoms with Crippen molar-refractivity contribution in [1.82, 2.24) is 10.2 Å². The number of benzene rings is 1. The Morgan fingerprint density at radius 2 is 2.05 bits per heavy atom. The van der Waals surface area contributed by atoms with Crippen LogP contribution in [0.3, 0.4) is 0 Å². The number of anilines is 1. The molecule has 0 spiro atoms. The summed E-state index contributed by atoms with van der Waals surface area (Å²) in [6, 6.07) is 7.31.